The molecule has 0 saturated carbocycles. The lowest BCUT2D eigenvalue weighted by molar-refractivity contribution is -0.161. The van der Waals surface area contributed by atoms with Crippen LogP contribution in [0.1, 0.15) is 36.3 Å². The number of alkyl halides is 2. The minimum absolute atomic E-state index is 0. The number of halogens is 2. The van der Waals surface area contributed by atoms with Crippen molar-refractivity contribution in [2.75, 3.05) is 32.8 Å². The maximum atomic E-state index is 13.6. The summed E-state index contributed by atoms with van der Waals surface area (Å²) in [5.74, 6) is -5.03. The highest BCUT2D eigenvalue weighted by Crippen LogP contribution is 2.26. The Balaban J connectivity index is 0.000000541. The fourth-order valence-corrected chi connectivity index (χ4v) is 4.48. The molecule has 0 spiro atoms. The van der Waals surface area contributed by atoms with Crippen LogP contribution in [0.5, 0.6) is 0 Å². The average molecular weight is 565 g/mol. The van der Waals surface area contributed by atoms with Crippen LogP contribution in [0.15, 0.2) is 77.3 Å². The molecule has 2 aliphatic rings. The van der Waals surface area contributed by atoms with Gasteiger partial charge >= 0.3 is 11.9 Å². The number of hydrogen-bond acceptors (Lipinski definition) is 4. The molecule has 10 heteroatoms. The van der Waals surface area contributed by atoms with E-state index in [-0.39, 0.29) is 13.3 Å². The highest BCUT2D eigenvalue weighted by atomic mass is 19.3. The Morgan fingerprint density at radius 1 is 1.02 bits per heavy atom. The molecular formula is C31H34F2N4O4. The van der Waals surface area contributed by atoms with Gasteiger partial charge in [0.05, 0.1) is 13.2 Å². The molecule has 41 heavy (non-hydrogen) atoms. The zero-order valence-electron chi connectivity index (χ0n) is 22.9. The third-order valence-electron chi connectivity index (χ3n) is 6.67. The van der Waals surface area contributed by atoms with E-state index in [1.54, 1.807) is 4.90 Å². The molecule has 0 unspecified atom stereocenters. The SMILES string of the molecule is CC(F)(F)C(=O)O.Cc1cccc(/C=C2\CCN(C(=O)c3ccc4ccccc4c3)C2=NC(=N)N2CCOCC2)c1.[HH]. The number of carbonyl (C=O) groups excluding carboxylic acids is 1. The van der Waals surface area contributed by atoms with Gasteiger partial charge in [0.2, 0.25) is 5.96 Å². The molecule has 0 aromatic heterocycles. The van der Waals surface area contributed by atoms with Crippen molar-refractivity contribution in [3.63, 3.8) is 0 Å². The molecule has 2 heterocycles. The van der Waals surface area contributed by atoms with Gasteiger partial charge in [0, 0.05) is 33.5 Å². The molecule has 2 saturated heterocycles. The molecule has 0 radical (unpaired) electrons. The van der Waals surface area contributed by atoms with Gasteiger partial charge in [-0.3, -0.25) is 15.1 Å². The lowest BCUT2D eigenvalue weighted by atomic mass is 10.1. The van der Waals surface area contributed by atoms with E-state index in [1.165, 1.54) is 5.56 Å². The van der Waals surface area contributed by atoms with Crippen LogP contribution in [0.2, 0.25) is 0 Å². The number of aliphatic carboxylic acids is 1. The van der Waals surface area contributed by atoms with Crippen molar-refractivity contribution in [1.29, 1.82) is 5.41 Å². The lowest BCUT2D eigenvalue weighted by Crippen LogP contribution is -2.41. The Morgan fingerprint density at radius 2 is 1.71 bits per heavy atom. The third-order valence-corrected chi connectivity index (χ3v) is 6.67. The quantitative estimate of drug-likeness (QED) is 0.313. The molecule has 8 nitrogen and oxygen atoms in total. The van der Waals surface area contributed by atoms with Crippen molar-refractivity contribution in [3.8, 4) is 0 Å². The van der Waals surface area contributed by atoms with Gasteiger partial charge < -0.3 is 14.7 Å². The van der Waals surface area contributed by atoms with Crippen LogP contribution in [-0.2, 0) is 9.53 Å². The van der Waals surface area contributed by atoms with Crippen LogP contribution in [0.4, 0.5) is 8.78 Å². The number of amides is 1. The van der Waals surface area contributed by atoms with E-state index in [4.69, 9.17) is 20.2 Å². The maximum absolute atomic E-state index is 13.6. The number of ether oxygens (including phenoxy) is 1. The Labute approximate surface area is 238 Å². The van der Waals surface area contributed by atoms with E-state index in [0.717, 1.165) is 21.9 Å². The highest BCUT2D eigenvalue weighted by molar-refractivity contribution is 6.18. The predicted octanol–water partition coefficient (Wildman–Crippen LogP) is 5.72. The van der Waals surface area contributed by atoms with Gasteiger partial charge in [-0.15, -0.1) is 0 Å². The molecule has 3 aromatic carbocycles. The molecule has 216 valence electrons. The molecule has 0 atom stereocenters. The van der Waals surface area contributed by atoms with Crippen molar-refractivity contribution in [1.82, 2.24) is 9.80 Å². The van der Waals surface area contributed by atoms with Gasteiger partial charge in [0.25, 0.3) is 5.91 Å². The third kappa shape index (κ3) is 7.61. The number of carboxylic acid groups (broad SMARTS) is 1. The number of nitrogens with one attached hydrogen (secondary N) is 1. The molecule has 1 amide bonds. The summed E-state index contributed by atoms with van der Waals surface area (Å²) in [4.78, 5) is 31.2. The van der Waals surface area contributed by atoms with Gasteiger partial charge in [-0.05, 0) is 53.5 Å². The lowest BCUT2D eigenvalue weighted by Gasteiger charge is -2.27. The van der Waals surface area contributed by atoms with Crippen LogP contribution in [0.25, 0.3) is 16.8 Å². The number of carboxylic acids is 1. The number of rotatable bonds is 3. The summed E-state index contributed by atoms with van der Waals surface area (Å²) in [6.45, 7) is 5.36. The van der Waals surface area contributed by atoms with Gasteiger partial charge in [-0.2, -0.15) is 13.8 Å². The van der Waals surface area contributed by atoms with Crippen molar-refractivity contribution in [2.24, 2.45) is 4.99 Å². The normalized spacial score (nSPS) is 17.5. The Kier molecular flexibility index (Phi) is 9.24. The molecule has 2 N–H and O–H groups in total. The minimum Gasteiger partial charge on any atom is -0.477 e. The van der Waals surface area contributed by atoms with Crippen LogP contribution >= 0.6 is 0 Å². The van der Waals surface area contributed by atoms with Gasteiger partial charge in [0.1, 0.15) is 5.84 Å². The first-order valence-corrected chi connectivity index (χ1v) is 13.2. The number of morpholine rings is 1. The summed E-state index contributed by atoms with van der Waals surface area (Å²) in [7, 11) is 0. The average Bonchev–Trinajstić information content (AvgIpc) is 3.34. The first-order valence-electron chi connectivity index (χ1n) is 13.2. The van der Waals surface area contributed by atoms with E-state index in [2.05, 4.69) is 31.2 Å². The molecule has 5 rings (SSSR count). The number of likely N-dealkylation sites (tertiary alicyclic amines) is 1. The standard InChI is InChI=1S/C28H28N4O2.C3H4F2O2.H2/c1-20-5-4-6-21(17-20)18-24-11-12-32(26(24)30-28(29)31-13-15-34-16-14-31)27(33)25-10-9-22-7-2-3-8-23(22)19-25;1-3(4,5)2(6)7;/h2-10,17-19,29H,11-16H2,1H3;1H3,(H,6,7);1H/b24-18+,29-28?,30-26?;;. The van der Waals surface area contributed by atoms with Crippen LogP contribution < -0.4 is 0 Å². The number of fused-ring (bicyclic) bond motifs is 1. The van der Waals surface area contributed by atoms with Gasteiger partial charge in [0.15, 0.2) is 0 Å². The number of aryl methyl sites for hydroxylation is 1. The second-order valence-corrected chi connectivity index (χ2v) is 9.90. The fraction of sp³-hybridized carbons (Fsp3) is 0.290. The fourth-order valence-electron chi connectivity index (χ4n) is 4.48. The first kappa shape index (κ1) is 29.5. The number of amidine groups is 1. The number of carbonyl (C=O) groups is 2. The summed E-state index contributed by atoms with van der Waals surface area (Å²) >= 11 is 0. The van der Waals surface area contributed by atoms with E-state index in [0.29, 0.717) is 57.6 Å². The molecule has 0 aliphatic carbocycles. The van der Waals surface area contributed by atoms with Gasteiger partial charge in [-0.25, -0.2) is 4.79 Å². The molecule has 2 fully saturated rings. The predicted molar refractivity (Wildman–Crippen MR) is 157 cm³/mol. The first-order chi connectivity index (χ1) is 19.5. The Bertz CT molecular complexity index is 1510. The van der Waals surface area contributed by atoms with Crippen molar-refractivity contribution in [3.05, 3.63) is 89.0 Å². The number of guanidine groups is 1. The number of benzene rings is 3. The second-order valence-electron chi connectivity index (χ2n) is 9.90. The summed E-state index contributed by atoms with van der Waals surface area (Å²) in [5.41, 5.74) is 3.84. The highest BCUT2D eigenvalue weighted by Gasteiger charge is 2.32. The zero-order chi connectivity index (χ0) is 29.6. The summed E-state index contributed by atoms with van der Waals surface area (Å²) in [5, 5.41) is 18.2. The summed E-state index contributed by atoms with van der Waals surface area (Å²) in [6.07, 6.45) is 2.79. The topological polar surface area (TPSA) is 106 Å². The summed E-state index contributed by atoms with van der Waals surface area (Å²) in [6, 6.07) is 22.1. The van der Waals surface area contributed by atoms with Gasteiger partial charge in [-0.1, -0.05) is 60.2 Å². The number of nitrogens with zero attached hydrogens (tertiary/aromatic N) is 3. The second kappa shape index (κ2) is 12.8. The molecule has 3 aromatic rings. The monoisotopic (exact) mass is 564 g/mol. The van der Waals surface area contributed by atoms with Crippen molar-refractivity contribution in [2.45, 2.75) is 26.2 Å². The largest absolute Gasteiger partial charge is 0.477 e. The van der Waals surface area contributed by atoms with Crippen LogP contribution in [-0.4, -0.2) is 77.3 Å². The van der Waals surface area contributed by atoms with E-state index < -0.39 is 11.9 Å². The molecule has 2 aliphatic heterocycles. The Morgan fingerprint density at radius 3 is 2.37 bits per heavy atom. The molecule has 0 bridgehead atoms. The van der Waals surface area contributed by atoms with Crippen molar-refractivity contribution < 1.29 is 29.6 Å². The van der Waals surface area contributed by atoms with Crippen LogP contribution in [0, 0.1) is 12.3 Å². The zero-order valence-corrected chi connectivity index (χ0v) is 22.9. The van der Waals surface area contributed by atoms with E-state index >= 15 is 0 Å². The summed E-state index contributed by atoms with van der Waals surface area (Å²) < 4.78 is 27.9. The smallest absolute Gasteiger partial charge is 0.374 e. The van der Waals surface area contributed by atoms with Crippen molar-refractivity contribution >= 4 is 40.5 Å². The number of aliphatic imine (C=N–C) groups is 1. The number of hydrogen-bond donors (Lipinski definition) is 2. The minimum atomic E-state index is -3.58. The van der Waals surface area contributed by atoms with E-state index in [1.807, 2.05) is 53.4 Å². The molecular weight excluding hydrogens is 530 g/mol. The van der Waals surface area contributed by atoms with E-state index in [9.17, 15) is 18.4 Å². The van der Waals surface area contributed by atoms with Crippen LogP contribution in [0.3, 0.4) is 0 Å². The maximum Gasteiger partial charge on any atom is 0.374 e. The Hall–Kier alpha value is -4.44.